The van der Waals surface area contributed by atoms with Gasteiger partial charge in [-0.25, -0.2) is 9.97 Å². The number of nitro groups is 1. The van der Waals surface area contributed by atoms with E-state index in [-0.39, 0.29) is 28.4 Å². The summed E-state index contributed by atoms with van der Waals surface area (Å²) in [5, 5.41) is 15.8. The van der Waals surface area contributed by atoms with E-state index >= 15 is 0 Å². The number of fused-ring (bicyclic) bond motifs is 1. The van der Waals surface area contributed by atoms with E-state index in [1.807, 2.05) is 0 Å². The minimum Gasteiger partial charge on any atom is -0.490 e. The molecule has 0 radical (unpaired) electrons. The van der Waals surface area contributed by atoms with Gasteiger partial charge in [-0.05, 0) is 0 Å². The zero-order valence-electron chi connectivity index (χ0n) is 15.3. The summed E-state index contributed by atoms with van der Waals surface area (Å²) in [6, 6.07) is 11.4. The Morgan fingerprint density at radius 1 is 1.17 bits per heavy atom. The van der Waals surface area contributed by atoms with Crippen molar-refractivity contribution in [3.63, 3.8) is 0 Å². The first-order valence-corrected chi connectivity index (χ1v) is 9.28. The Labute approximate surface area is 176 Å². The standard InChI is InChI=1S/C19H12BrF2N5O3/c1-30-16-8-14-12(7-15(16)27(28)29)18(24-10-23-14)13-9-26(19(20,21)22)25-17(13)11-5-3-2-4-6-11/h2-10H,1H3. The van der Waals surface area contributed by atoms with Gasteiger partial charge < -0.3 is 4.74 Å². The number of rotatable bonds is 5. The fraction of sp³-hybridized carbons (Fsp3) is 0.105. The first kappa shape index (κ1) is 19.8. The summed E-state index contributed by atoms with van der Waals surface area (Å²) in [5.41, 5.74) is 1.39. The van der Waals surface area contributed by atoms with Gasteiger partial charge in [-0.2, -0.15) is 18.6 Å². The summed E-state index contributed by atoms with van der Waals surface area (Å²) in [6.07, 6.45) is 2.39. The van der Waals surface area contributed by atoms with Gasteiger partial charge in [0.05, 0.1) is 23.2 Å². The molecule has 2 heterocycles. The van der Waals surface area contributed by atoms with Crippen molar-refractivity contribution in [2.45, 2.75) is 4.96 Å². The van der Waals surface area contributed by atoms with Gasteiger partial charge in [0.1, 0.15) is 12.0 Å². The number of hydrogen-bond acceptors (Lipinski definition) is 6. The maximum Gasteiger partial charge on any atom is 0.401 e. The van der Waals surface area contributed by atoms with Crippen LogP contribution in [0.25, 0.3) is 33.4 Å². The summed E-state index contributed by atoms with van der Waals surface area (Å²) >= 11 is 2.31. The minimum atomic E-state index is -3.44. The molecule has 0 N–H and O–H groups in total. The average Bonchev–Trinajstić information content (AvgIpc) is 3.18. The number of ether oxygens (including phenoxy) is 1. The van der Waals surface area contributed by atoms with Gasteiger partial charge >= 0.3 is 10.6 Å². The van der Waals surface area contributed by atoms with Crippen LogP contribution in [0.5, 0.6) is 5.75 Å². The number of methoxy groups -OCH3 is 1. The van der Waals surface area contributed by atoms with E-state index in [0.717, 1.165) is 6.20 Å². The van der Waals surface area contributed by atoms with Gasteiger partial charge in [-0.3, -0.25) is 10.1 Å². The van der Waals surface area contributed by atoms with Crippen LogP contribution < -0.4 is 4.74 Å². The van der Waals surface area contributed by atoms with E-state index in [2.05, 4.69) is 31.0 Å². The van der Waals surface area contributed by atoms with Gasteiger partial charge in [0.15, 0.2) is 5.75 Å². The number of nitrogens with zero attached hydrogens (tertiary/aromatic N) is 5. The molecule has 11 heteroatoms. The smallest absolute Gasteiger partial charge is 0.401 e. The summed E-state index contributed by atoms with van der Waals surface area (Å²) in [6.45, 7) is 0. The zero-order chi connectivity index (χ0) is 21.5. The summed E-state index contributed by atoms with van der Waals surface area (Å²) in [5.74, 6) is 0.0307. The van der Waals surface area contributed by atoms with E-state index in [0.29, 0.717) is 21.1 Å². The number of nitro benzene ring substituents is 1. The highest BCUT2D eigenvalue weighted by Crippen LogP contribution is 2.39. The molecular formula is C19H12BrF2N5O3. The third-order valence-corrected chi connectivity index (χ3v) is 4.77. The Kier molecular flexibility index (Phi) is 4.90. The predicted octanol–water partition coefficient (Wildman–Crippen LogP) is 4.98. The van der Waals surface area contributed by atoms with Crippen molar-refractivity contribution in [3.8, 4) is 28.3 Å². The van der Waals surface area contributed by atoms with Crippen molar-refractivity contribution < 1.29 is 18.4 Å². The lowest BCUT2D eigenvalue weighted by Crippen LogP contribution is -2.14. The normalized spacial score (nSPS) is 11.6. The van der Waals surface area contributed by atoms with Crippen LogP contribution in [0.15, 0.2) is 55.0 Å². The fourth-order valence-electron chi connectivity index (χ4n) is 3.08. The highest BCUT2D eigenvalue weighted by atomic mass is 79.9. The van der Waals surface area contributed by atoms with Crippen molar-refractivity contribution in [3.05, 3.63) is 65.1 Å². The Hall–Kier alpha value is -3.47. The topological polar surface area (TPSA) is 96.0 Å². The van der Waals surface area contributed by atoms with Crippen LogP contribution in [0.1, 0.15) is 0 Å². The lowest BCUT2D eigenvalue weighted by molar-refractivity contribution is -0.385. The molecule has 0 unspecified atom stereocenters. The Morgan fingerprint density at radius 3 is 2.53 bits per heavy atom. The largest absolute Gasteiger partial charge is 0.490 e. The molecule has 4 rings (SSSR count). The van der Waals surface area contributed by atoms with E-state index in [9.17, 15) is 18.9 Å². The summed E-state index contributed by atoms with van der Waals surface area (Å²) in [4.78, 5) is 15.8. The second kappa shape index (κ2) is 7.41. The molecule has 0 atom stereocenters. The van der Waals surface area contributed by atoms with Crippen LogP contribution in [0.3, 0.4) is 0 Å². The Balaban J connectivity index is 2.04. The zero-order valence-corrected chi connectivity index (χ0v) is 16.9. The molecule has 0 bridgehead atoms. The van der Waals surface area contributed by atoms with Gasteiger partial charge in [0, 0.05) is 50.8 Å². The van der Waals surface area contributed by atoms with Crippen LogP contribution in [-0.4, -0.2) is 31.8 Å². The van der Waals surface area contributed by atoms with Crippen LogP contribution in [0.2, 0.25) is 0 Å². The van der Waals surface area contributed by atoms with Gasteiger partial charge in [-0.15, -0.1) is 0 Å². The van der Waals surface area contributed by atoms with Gasteiger partial charge in [-0.1, -0.05) is 30.3 Å². The van der Waals surface area contributed by atoms with Crippen LogP contribution >= 0.6 is 15.9 Å². The predicted molar refractivity (Wildman–Crippen MR) is 109 cm³/mol. The fourth-order valence-corrected chi connectivity index (χ4v) is 3.26. The first-order chi connectivity index (χ1) is 14.3. The van der Waals surface area contributed by atoms with Gasteiger partial charge in [0.25, 0.3) is 0 Å². The molecule has 152 valence electrons. The number of benzene rings is 2. The van der Waals surface area contributed by atoms with E-state index in [1.165, 1.54) is 25.6 Å². The number of hydrogen-bond donors (Lipinski definition) is 0. The number of halogens is 3. The minimum absolute atomic E-state index is 0.0307. The summed E-state index contributed by atoms with van der Waals surface area (Å²) in [7, 11) is 1.31. The first-order valence-electron chi connectivity index (χ1n) is 8.49. The van der Waals surface area contributed by atoms with Crippen LogP contribution in [0, 0.1) is 10.1 Å². The molecule has 0 saturated heterocycles. The molecule has 8 nitrogen and oxygen atoms in total. The van der Waals surface area contributed by atoms with E-state index in [1.54, 1.807) is 30.3 Å². The lowest BCUT2D eigenvalue weighted by Gasteiger charge is -2.08. The van der Waals surface area contributed by atoms with Crippen molar-refractivity contribution in [2.24, 2.45) is 0 Å². The monoisotopic (exact) mass is 475 g/mol. The summed E-state index contributed by atoms with van der Waals surface area (Å²) < 4.78 is 33.4. The number of alkyl halides is 3. The molecule has 0 fully saturated rings. The SMILES string of the molecule is COc1cc2ncnc(-c3cn(C(F)(F)Br)nc3-c3ccccc3)c2cc1[N+](=O)[O-]. The van der Waals surface area contributed by atoms with Crippen LogP contribution in [0.4, 0.5) is 14.5 Å². The molecular weight excluding hydrogens is 464 g/mol. The molecule has 0 spiro atoms. The number of aromatic nitrogens is 4. The lowest BCUT2D eigenvalue weighted by atomic mass is 10.0. The van der Waals surface area contributed by atoms with E-state index < -0.39 is 9.88 Å². The Morgan fingerprint density at radius 2 is 1.90 bits per heavy atom. The van der Waals surface area contributed by atoms with Crippen molar-refractivity contribution >= 4 is 32.5 Å². The second-order valence-corrected chi connectivity index (χ2v) is 7.14. The molecule has 0 amide bonds. The average molecular weight is 476 g/mol. The highest BCUT2D eigenvalue weighted by molar-refractivity contribution is 9.09. The molecule has 2 aromatic heterocycles. The molecule has 0 aliphatic heterocycles. The quantitative estimate of drug-likeness (QED) is 0.229. The van der Waals surface area contributed by atoms with Crippen LogP contribution in [-0.2, 0) is 4.96 Å². The third-order valence-electron chi connectivity index (χ3n) is 4.41. The molecule has 0 saturated carbocycles. The molecule has 30 heavy (non-hydrogen) atoms. The van der Waals surface area contributed by atoms with Crippen molar-refractivity contribution in [1.29, 1.82) is 0 Å². The molecule has 4 aromatic rings. The van der Waals surface area contributed by atoms with Crippen molar-refractivity contribution in [1.82, 2.24) is 19.7 Å². The van der Waals surface area contributed by atoms with Gasteiger partial charge in [0.2, 0.25) is 0 Å². The van der Waals surface area contributed by atoms with E-state index in [4.69, 9.17) is 4.74 Å². The van der Waals surface area contributed by atoms with Crippen molar-refractivity contribution in [2.75, 3.05) is 7.11 Å². The highest BCUT2D eigenvalue weighted by Gasteiger charge is 2.31. The second-order valence-electron chi connectivity index (χ2n) is 6.19. The maximum atomic E-state index is 13.9. The maximum absolute atomic E-state index is 13.9. The molecule has 0 aliphatic carbocycles. The molecule has 0 aliphatic rings. The Bertz CT molecular complexity index is 1260. The molecule has 2 aromatic carbocycles. The third kappa shape index (κ3) is 3.47.